The highest BCUT2D eigenvalue weighted by Gasteiger charge is 2.26. The highest BCUT2D eigenvalue weighted by atomic mass is 32.2. The summed E-state index contributed by atoms with van der Waals surface area (Å²) in [5.41, 5.74) is 6.47. The second kappa shape index (κ2) is 9.27. The van der Waals surface area contributed by atoms with E-state index in [9.17, 15) is 13.2 Å². The summed E-state index contributed by atoms with van der Waals surface area (Å²) in [4.78, 5) is 12.4. The third-order valence-corrected chi connectivity index (χ3v) is 5.43. The molecule has 8 heteroatoms. The number of carbonyl (C=O) groups excluding carboxylic acids is 1. The molecule has 0 radical (unpaired) electrons. The summed E-state index contributed by atoms with van der Waals surface area (Å²) in [7, 11) is -3.75. The van der Waals surface area contributed by atoms with Crippen molar-refractivity contribution in [3.63, 3.8) is 0 Å². The predicted molar refractivity (Wildman–Crippen MR) is 94.9 cm³/mol. The SMILES string of the molecule is CSCCC(NS(=O)(=O)c1ccc(C)cc1)C(=O)N[C@@H](C)CN. The molecular formula is C15H25N3O3S2. The minimum Gasteiger partial charge on any atom is -0.351 e. The first kappa shape index (κ1) is 20.0. The van der Waals surface area contributed by atoms with Gasteiger partial charge in [-0.3, -0.25) is 4.79 Å². The van der Waals surface area contributed by atoms with Gasteiger partial charge in [0.05, 0.1) is 4.90 Å². The number of hydrogen-bond donors (Lipinski definition) is 3. The number of thioether (sulfide) groups is 1. The van der Waals surface area contributed by atoms with Crippen LogP contribution in [-0.4, -0.2) is 45.0 Å². The minimum absolute atomic E-state index is 0.150. The summed E-state index contributed by atoms with van der Waals surface area (Å²) in [6, 6.07) is 5.49. The molecule has 1 amide bonds. The van der Waals surface area contributed by atoms with Gasteiger partial charge in [-0.05, 0) is 44.4 Å². The molecule has 0 fully saturated rings. The Hall–Kier alpha value is -1.09. The molecule has 0 aromatic heterocycles. The number of hydrogen-bond acceptors (Lipinski definition) is 5. The zero-order valence-corrected chi connectivity index (χ0v) is 15.3. The summed E-state index contributed by atoms with van der Waals surface area (Å²) in [6.07, 6.45) is 2.32. The van der Waals surface area contributed by atoms with Gasteiger partial charge in [-0.25, -0.2) is 8.42 Å². The standard InChI is InChI=1S/C15H25N3O3S2/c1-11-4-6-13(7-5-11)23(20,21)18-14(8-9-22-3)15(19)17-12(2)10-16/h4-7,12,14,18H,8-10,16H2,1-3H3,(H,17,19)/t12-,14?/m0/s1. The summed E-state index contributed by atoms with van der Waals surface area (Å²) in [5, 5.41) is 2.72. The zero-order chi connectivity index (χ0) is 17.5. The second-order valence-electron chi connectivity index (χ2n) is 5.41. The molecule has 0 aliphatic heterocycles. The minimum atomic E-state index is -3.75. The molecule has 0 saturated heterocycles. The Kier molecular flexibility index (Phi) is 8.04. The topological polar surface area (TPSA) is 101 Å². The van der Waals surface area contributed by atoms with E-state index in [-0.39, 0.29) is 16.8 Å². The van der Waals surface area contributed by atoms with Crippen molar-refractivity contribution in [1.82, 2.24) is 10.0 Å². The smallest absolute Gasteiger partial charge is 0.241 e. The quantitative estimate of drug-likeness (QED) is 0.607. The van der Waals surface area contributed by atoms with Gasteiger partial charge in [0.2, 0.25) is 15.9 Å². The summed E-state index contributed by atoms with van der Waals surface area (Å²) in [5.74, 6) is 0.318. The van der Waals surface area contributed by atoms with Gasteiger partial charge in [-0.2, -0.15) is 16.5 Å². The van der Waals surface area contributed by atoms with Gasteiger partial charge < -0.3 is 11.1 Å². The van der Waals surface area contributed by atoms with Gasteiger partial charge >= 0.3 is 0 Å². The van der Waals surface area contributed by atoms with E-state index in [4.69, 9.17) is 5.73 Å². The largest absolute Gasteiger partial charge is 0.351 e. The van der Waals surface area contributed by atoms with Crippen LogP contribution in [0, 0.1) is 6.92 Å². The first-order valence-corrected chi connectivity index (χ1v) is 10.3. The van der Waals surface area contributed by atoms with Gasteiger partial charge in [0.1, 0.15) is 6.04 Å². The van der Waals surface area contributed by atoms with Crippen LogP contribution < -0.4 is 15.8 Å². The molecule has 2 atom stereocenters. The van der Waals surface area contributed by atoms with Crippen LogP contribution >= 0.6 is 11.8 Å². The van der Waals surface area contributed by atoms with Crippen LogP contribution in [0.3, 0.4) is 0 Å². The lowest BCUT2D eigenvalue weighted by atomic mass is 10.2. The Labute approximate surface area is 142 Å². The van der Waals surface area contributed by atoms with Gasteiger partial charge in [-0.15, -0.1) is 0 Å². The van der Waals surface area contributed by atoms with Crippen molar-refractivity contribution in [2.45, 2.75) is 37.2 Å². The molecule has 23 heavy (non-hydrogen) atoms. The van der Waals surface area contributed by atoms with Crippen molar-refractivity contribution < 1.29 is 13.2 Å². The van der Waals surface area contributed by atoms with Crippen molar-refractivity contribution >= 4 is 27.7 Å². The Morgan fingerprint density at radius 3 is 2.43 bits per heavy atom. The summed E-state index contributed by atoms with van der Waals surface area (Å²) in [6.45, 7) is 3.95. The number of nitrogens with one attached hydrogen (secondary N) is 2. The van der Waals surface area contributed by atoms with Gasteiger partial charge in [-0.1, -0.05) is 17.7 Å². The van der Waals surface area contributed by atoms with Crippen LogP contribution in [-0.2, 0) is 14.8 Å². The number of amides is 1. The van der Waals surface area contributed by atoms with Crippen LogP contribution in [0.2, 0.25) is 0 Å². The second-order valence-corrected chi connectivity index (χ2v) is 8.11. The molecule has 0 aliphatic rings. The van der Waals surface area contributed by atoms with Crippen molar-refractivity contribution in [3.05, 3.63) is 29.8 Å². The Morgan fingerprint density at radius 2 is 1.91 bits per heavy atom. The van der Waals surface area contributed by atoms with E-state index >= 15 is 0 Å². The maximum absolute atomic E-state index is 12.5. The number of carbonyl (C=O) groups is 1. The first-order chi connectivity index (χ1) is 10.8. The van der Waals surface area contributed by atoms with E-state index in [1.807, 2.05) is 13.2 Å². The highest BCUT2D eigenvalue weighted by Crippen LogP contribution is 2.12. The molecular weight excluding hydrogens is 334 g/mol. The number of benzene rings is 1. The molecule has 0 aliphatic carbocycles. The fourth-order valence-corrected chi connectivity index (χ4v) is 3.56. The average molecular weight is 360 g/mol. The maximum Gasteiger partial charge on any atom is 0.241 e. The Morgan fingerprint density at radius 1 is 1.30 bits per heavy atom. The fourth-order valence-electron chi connectivity index (χ4n) is 1.85. The molecule has 0 heterocycles. The lowest BCUT2D eigenvalue weighted by molar-refractivity contribution is -0.123. The summed E-state index contributed by atoms with van der Waals surface area (Å²) < 4.78 is 27.4. The maximum atomic E-state index is 12.5. The van der Waals surface area contributed by atoms with Crippen LogP contribution in [0.25, 0.3) is 0 Å². The predicted octanol–water partition coefficient (Wildman–Crippen LogP) is 0.858. The van der Waals surface area contributed by atoms with Crippen molar-refractivity contribution in [2.75, 3.05) is 18.6 Å². The molecule has 0 saturated carbocycles. The van der Waals surface area contributed by atoms with E-state index in [1.165, 1.54) is 12.1 Å². The van der Waals surface area contributed by atoms with E-state index < -0.39 is 16.1 Å². The molecule has 1 aromatic carbocycles. The highest BCUT2D eigenvalue weighted by molar-refractivity contribution is 7.98. The van der Waals surface area contributed by atoms with Crippen molar-refractivity contribution in [2.24, 2.45) is 5.73 Å². The molecule has 0 spiro atoms. The fraction of sp³-hybridized carbons (Fsp3) is 0.533. The Balaban J connectivity index is 2.90. The molecule has 1 unspecified atom stereocenters. The molecule has 0 bridgehead atoms. The van der Waals surface area contributed by atoms with Crippen molar-refractivity contribution in [3.8, 4) is 0 Å². The lowest BCUT2D eigenvalue weighted by Gasteiger charge is -2.20. The molecule has 1 aromatic rings. The number of rotatable bonds is 9. The van der Waals surface area contributed by atoms with E-state index in [2.05, 4.69) is 10.0 Å². The normalized spacial score (nSPS) is 14.3. The summed E-state index contributed by atoms with van der Waals surface area (Å²) >= 11 is 1.56. The van der Waals surface area contributed by atoms with Gasteiger partial charge in [0, 0.05) is 12.6 Å². The number of nitrogens with two attached hydrogens (primary N) is 1. The average Bonchev–Trinajstić information content (AvgIpc) is 2.51. The number of aryl methyl sites for hydroxylation is 1. The molecule has 130 valence electrons. The van der Waals surface area contributed by atoms with Crippen LogP contribution in [0.5, 0.6) is 0 Å². The molecule has 6 nitrogen and oxygen atoms in total. The van der Waals surface area contributed by atoms with Gasteiger partial charge in [0.15, 0.2) is 0 Å². The molecule has 4 N–H and O–H groups in total. The lowest BCUT2D eigenvalue weighted by Crippen LogP contribution is -2.50. The van der Waals surface area contributed by atoms with Crippen LogP contribution in [0.1, 0.15) is 18.9 Å². The van der Waals surface area contributed by atoms with Crippen molar-refractivity contribution in [1.29, 1.82) is 0 Å². The Bertz CT molecular complexity index is 603. The monoisotopic (exact) mass is 359 g/mol. The third kappa shape index (κ3) is 6.50. The first-order valence-electron chi connectivity index (χ1n) is 7.38. The third-order valence-electron chi connectivity index (χ3n) is 3.30. The van der Waals surface area contributed by atoms with Crippen LogP contribution in [0.15, 0.2) is 29.2 Å². The van der Waals surface area contributed by atoms with Gasteiger partial charge in [0.25, 0.3) is 0 Å². The zero-order valence-electron chi connectivity index (χ0n) is 13.7. The van der Waals surface area contributed by atoms with E-state index in [1.54, 1.807) is 30.8 Å². The molecule has 1 rings (SSSR count). The number of sulfonamides is 1. The van der Waals surface area contributed by atoms with E-state index in [0.717, 1.165) is 5.56 Å². The van der Waals surface area contributed by atoms with Crippen LogP contribution in [0.4, 0.5) is 0 Å². The van der Waals surface area contributed by atoms with E-state index in [0.29, 0.717) is 18.7 Å².